The monoisotopic (exact) mass is 249 g/mol. The zero-order chi connectivity index (χ0) is 13.1. The van der Waals surface area contributed by atoms with Crippen LogP contribution in [0.25, 0.3) is 0 Å². The number of carbonyl (C=O) groups excluding carboxylic acids is 1. The van der Waals surface area contributed by atoms with E-state index in [0.29, 0.717) is 24.6 Å². The lowest BCUT2D eigenvalue weighted by atomic mass is 10.1. The van der Waals surface area contributed by atoms with E-state index in [4.69, 9.17) is 0 Å². The average Bonchev–Trinajstić information content (AvgIpc) is 2.24. The molecule has 0 aliphatic heterocycles. The zero-order valence-electron chi connectivity index (χ0n) is 9.07. The van der Waals surface area contributed by atoms with Crippen molar-refractivity contribution >= 4 is 5.91 Å². The molecule has 0 bridgehead atoms. The summed E-state index contributed by atoms with van der Waals surface area (Å²) in [6, 6.07) is 1.84. The van der Waals surface area contributed by atoms with E-state index >= 15 is 0 Å². The molecule has 0 spiro atoms. The summed E-state index contributed by atoms with van der Waals surface area (Å²) in [6.45, 7) is 2.00. The topological polar surface area (TPSA) is 29.1 Å². The summed E-state index contributed by atoms with van der Waals surface area (Å²) in [4.78, 5) is 11.4. The lowest BCUT2D eigenvalue weighted by molar-refractivity contribution is -0.138. The molecule has 1 aromatic rings. The molecule has 0 saturated carbocycles. The molecule has 0 heterocycles. The smallest absolute Gasteiger partial charge is 0.352 e. The third-order valence-corrected chi connectivity index (χ3v) is 2.07. The van der Waals surface area contributed by atoms with Crippen LogP contribution in [0.2, 0.25) is 0 Å². The Morgan fingerprint density at radius 2 is 2.00 bits per heavy atom. The number of hydrogen-bond acceptors (Lipinski definition) is 1. The highest BCUT2D eigenvalue weighted by molar-refractivity contribution is 5.95. The molecule has 6 heteroatoms. The van der Waals surface area contributed by atoms with Gasteiger partial charge in [-0.3, -0.25) is 4.79 Å². The third-order valence-electron chi connectivity index (χ3n) is 2.07. The second kappa shape index (κ2) is 5.16. The number of rotatable bonds is 3. The van der Waals surface area contributed by atoms with Gasteiger partial charge in [0.2, 0.25) is 0 Å². The predicted octanol–water partition coefficient (Wildman–Crippen LogP) is 2.98. The van der Waals surface area contributed by atoms with Crippen LogP contribution in [0.5, 0.6) is 0 Å². The van der Waals surface area contributed by atoms with Gasteiger partial charge < -0.3 is 5.32 Å². The third kappa shape index (κ3) is 3.44. The fourth-order valence-electron chi connectivity index (χ4n) is 1.29. The summed E-state index contributed by atoms with van der Waals surface area (Å²) >= 11 is 0. The fraction of sp³-hybridized carbons (Fsp3) is 0.364. The molecular formula is C11H11F4NO. The summed E-state index contributed by atoms with van der Waals surface area (Å²) in [7, 11) is 0. The standard InChI is InChI=1S/C11H11F4NO/c1-2-5-16-10(17)8-6-7(12)3-4-9(8)11(13,14)15/h3-4,6H,2,5H2,1H3,(H,16,17). The van der Waals surface area contributed by atoms with Gasteiger partial charge in [-0.25, -0.2) is 4.39 Å². The molecule has 0 fully saturated rings. The van der Waals surface area contributed by atoms with E-state index < -0.39 is 29.0 Å². The molecule has 1 aromatic carbocycles. The molecule has 1 N–H and O–H groups in total. The molecule has 94 valence electrons. The Morgan fingerprint density at radius 3 is 2.53 bits per heavy atom. The van der Waals surface area contributed by atoms with E-state index in [2.05, 4.69) is 5.32 Å². The van der Waals surface area contributed by atoms with Crippen molar-refractivity contribution < 1.29 is 22.4 Å². The molecule has 0 aliphatic carbocycles. The van der Waals surface area contributed by atoms with Crippen LogP contribution in [-0.2, 0) is 6.18 Å². The number of amides is 1. The molecule has 0 radical (unpaired) electrons. The van der Waals surface area contributed by atoms with Gasteiger partial charge in [0, 0.05) is 6.54 Å². The second-order valence-electron chi connectivity index (χ2n) is 3.44. The van der Waals surface area contributed by atoms with Crippen molar-refractivity contribution in [1.29, 1.82) is 0 Å². The number of halogens is 4. The first-order valence-corrected chi connectivity index (χ1v) is 5.01. The molecule has 17 heavy (non-hydrogen) atoms. The lowest BCUT2D eigenvalue weighted by Gasteiger charge is -2.12. The quantitative estimate of drug-likeness (QED) is 0.820. The maximum Gasteiger partial charge on any atom is 0.417 e. The van der Waals surface area contributed by atoms with Crippen LogP contribution in [0.1, 0.15) is 29.3 Å². The number of benzene rings is 1. The Morgan fingerprint density at radius 1 is 1.35 bits per heavy atom. The van der Waals surface area contributed by atoms with Crippen LogP contribution >= 0.6 is 0 Å². The molecule has 0 aliphatic rings. The Labute approximate surface area is 95.6 Å². The van der Waals surface area contributed by atoms with Crippen LogP contribution in [0.3, 0.4) is 0 Å². The Kier molecular flexibility index (Phi) is 4.09. The molecule has 2 nitrogen and oxygen atoms in total. The van der Waals surface area contributed by atoms with Crippen LogP contribution in [0.4, 0.5) is 17.6 Å². The van der Waals surface area contributed by atoms with Gasteiger partial charge in [0.1, 0.15) is 5.82 Å². The van der Waals surface area contributed by atoms with E-state index in [-0.39, 0.29) is 6.54 Å². The molecular weight excluding hydrogens is 238 g/mol. The average molecular weight is 249 g/mol. The molecule has 1 rings (SSSR count). The summed E-state index contributed by atoms with van der Waals surface area (Å²) in [5.74, 6) is -1.79. The molecule has 0 atom stereocenters. The van der Waals surface area contributed by atoms with E-state index in [1.54, 1.807) is 6.92 Å². The largest absolute Gasteiger partial charge is 0.417 e. The summed E-state index contributed by atoms with van der Waals surface area (Å²) < 4.78 is 50.6. The maximum absolute atomic E-state index is 12.9. The van der Waals surface area contributed by atoms with Crippen molar-refractivity contribution in [2.75, 3.05) is 6.54 Å². The maximum atomic E-state index is 12.9. The number of carbonyl (C=O) groups is 1. The summed E-state index contributed by atoms with van der Waals surface area (Å²) in [5, 5.41) is 2.28. The van der Waals surface area contributed by atoms with Crippen LogP contribution in [0.15, 0.2) is 18.2 Å². The van der Waals surface area contributed by atoms with Crippen molar-refractivity contribution in [1.82, 2.24) is 5.32 Å². The number of alkyl halides is 3. The summed E-state index contributed by atoms with van der Waals surface area (Å²) in [5.41, 5.74) is -1.82. The summed E-state index contributed by atoms with van der Waals surface area (Å²) in [6.07, 6.45) is -4.09. The van der Waals surface area contributed by atoms with Crippen molar-refractivity contribution in [2.24, 2.45) is 0 Å². The van der Waals surface area contributed by atoms with Crippen LogP contribution in [0, 0.1) is 5.82 Å². The van der Waals surface area contributed by atoms with Gasteiger partial charge in [0.05, 0.1) is 11.1 Å². The lowest BCUT2D eigenvalue weighted by Crippen LogP contribution is -2.27. The minimum Gasteiger partial charge on any atom is -0.352 e. The fourth-order valence-corrected chi connectivity index (χ4v) is 1.29. The van der Waals surface area contributed by atoms with Gasteiger partial charge in [0.15, 0.2) is 0 Å². The van der Waals surface area contributed by atoms with Gasteiger partial charge in [-0.15, -0.1) is 0 Å². The highest BCUT2D eigenvalue weighted by atomic mass is 19.4. The van der Waals surface area contributed by atoms with E-state index in [0.717, 1.165) is 0 Å². The van der Waals surface area contributed by atoms with Gasteiger partial charge >= 0.3 is 6.18 Å². The zero-order valence-corrected chi connectivity index (χ0v) is 9.07. The van der Waals surface area contributed by atoms with Gasteiger partial charge in [-0.05, 0) is 24.6 Å². The first kappa shape index (κ1) is 13.5. The van der Waals surface area contributed by atoms with Crippen molar-refractivity contribution in [3.8, 4) is 0 Å². The van der Waals surface area contributed by atoms with Crippen molar-refractivity contribution in [3.63, 3.8) is 0 Å². The Hall–Kier alpha value is -1.59. The first-order chi connectivity index (χ1) is 7.86. The minimum atomic E-state index is -4.67. The molecule has 1 amide bonds. The highest BCUT2D eigenvalue weighted by Crippen LogP contribution is 2.32. The predicted molar refractivity (Wildman–Crippen MR) is 54.0 cm³/mol. The SMILES string of the molecule is CCCNC(=O)c1cc(F)ccc1C(F)(F)F. The second-order valence-corrected chi connectivity index (χ2v) is 3.44. The van der Waals surface area contributed by atoms with Gasteiger partial charge in [-0.2, -0.15) is 13.2 Å². The van der Waals surface area contributed by atoms with Crippen molar-refractivity contribution in [2.45, 2.75) is 19.5 Å². The van der Waals surface area contributed by atoms with Gasteiger partial charge in [-0.1, -0.05) is 6.92 Å². The minimum absolute atomic E-state index is 0.243. The van der Waals surface area contributed by atoms with Crippen LogP contribution in [-0.4, -0.2) is 12.5 Å². The Bertz CT molecular complexity index is 414. The first-order valence-electron chi connectivity index (χ1n) is 5.01. The normalized spacial score (nSPS) is 11.4. The Balaban J connectivity index is 3.11. The molecule has 0 saturated heterocycles. The van der Waals surface area contributed by atoms with Crippen molar-refractivity contribution in [3.05, 3.63) is 35.1 Å². The number of nitrogens with one attached hydrogen (secondary N) is 1. The van der Waals surface area contributed by atoms with Crippen LogP contribution < -0.4 is 5.32 Å². The molecule has 0 aromatic heterocycles. The highest BCUT2D eigenvalue weighted by Gasteiger charge is 2.35. The van der Waals surface area contributed by atoms with Gasteiger partial charge in [0.25, 0.3) is 5.91 Å². The van der Waals surface area contributed by atoms with E-state index in [9.17, 15) is 22.4 Å². The number of hydrogen-bond donors (Lipinski definition) is 1. The van der Waals surface area contributed by atoms with E-state index in [1.165, 1.54) is 0 Å². The van der Waals surface area contributed by atoms with E-state index in [1.807, 2.05) is 0 Å². The molecule has 0 unspecified atom stereocenters.